The van der Waals surface area contributed by atoms with E-state index >= 15 is 0 Å². The second kappa shape index (κ2) is 7.11. The van der Waals surface area contributed by atoms with Crippen molar-refractivity contribution in [2.75, 3.05) is 7.11 Å². The fourth-order valence-electron chi connectivity index (χ4n) is 2.74. The Morgan fingerprint density at radius 2 is 2.04 bits per heavy atom. The Hall–Kier alpha value is -2.60. The van der Waals surface area contributed by atoms with Gasteiger partial charge in [-0.2, -0.15) is 0 Å². The van der Waals surface area contributed by atoms with Gasteiger partial charge in [0, 0.05) is 33.1 Å². The summed E-state index contributed by atoms with van der Waals surface area (Å²) >= 11 is 1.49. The quantitative estimate of drug-likeness (QED) is 0.718. The third-order valence-electron chi connectivity index (χ3n) is 3.98. The molecule has 0 atom stereocenters. The van der Waals surface area contributed by atoms with Crippen LogP contribution in [0.2, 0.25) is 0 Å². The smallest absolute Gasteiger partial charge is 0.307 e. The van der Waals surface area contributed by atoms with E-state index in [2.05, 4.69) is 4.98 Å². The van der Waals surface area contributed by atoms with Crippen molar-refractivity contribution in [3.05, 3.63) is 52.2 Å². The third kappa shape index (κ3) is 3.74. The molecule has 130 valence electrons. The Labute approximate surface area is 149 Å². The molecule has 0 aliphatic rings. The van der Waals surface area contributed by atoms with E-state index in [0.29, 0.717) is 18.1 Å². The number of rotatable bonds is 6. The fourth-order valence-corrected chi connectivity index (χ4v) is 3.74. The fraction of sp³-hybridized carbons (Fsp3) is 0.263. The average molecular weight is 357 g/mol. The molecule has 0 aliphatic carbocycles. The number of hydrogen-bond donors (Lipinski definition) is 1. The number of ether oxygens (including phenoxy) is 2. The number of carboxylic acid groups (broad SMARTS) is 1. The summed E-state index contributed by atoms with van der Waals surface area (Å²) in [5.74, 6) is 0.459. The molecule has 2 aromatic heterocycles. The first-order valence-electron chi connectivity index (χ1n) is 7.83. The summed E-state index contributed by atoms with van der Waals surface area (Å²) in [5, 5.41) is 11.8. The van der Waals surface area contributed by atoms with Crippen molar-refractivity contribution in [1.82, 2.24) is 4.98 Å². The van der Waals surface area contributed by atoms with Crippen molar-refractivity contribution in [3.63, 3.8) is 0 Å². The second-order valence-corrected chi connectivity index (χ2v) is 6.73. The van der Waals surface area contributed by atoms with E-state index in [1.165, 1.54) is 11.3 Å². The highest BCUT2D eigenvalue weighted by Crippen LogP contribution is 2.38. The Morgan fingerprint density at radius 3 is 2.72 bits per heavy atom. The molecule has 0 fully saturated rings. The van der Waals surface area contributed by atoms with Gasteiger partial charge in [0.1, 0.15) is 18.1 Å². The lowest BCUT2D eigenvalue weighted by Crippen LogP contribution is -2.01. The summed E-state index contributed by atoms with van der Waals surface area (Å²) < 4.78 is 12.3. The molecule has 0 saturated heterocycles. The summed E-state index contributed by atoms with van der Waals surface area (Å²) in [6.07, 6.45) is -0.0230. The van der Waals surface area contributed by atoms with Gasteiger partial charge in [0.05, 0.1) is 13.5 Å². The molecule has 3 rings (SSSR count). The highest BCUT2D eigenvalue weighted by Gasteiger charge is 2.14. The summed E-state index contributed by atoms with van der Waals surface area (Å²) in [7, 11) is 1.58. The zero-order valence-electron chi connectivity index (χ0n) is 14.3. The summed E-state index contributed by atoms with van der Waals surface area (Å²) in [5.41, 5.74) is 3.72. The molecule has 25 heavy (non-hydrogen) atoms. The number of nitrogens with zero attached hydrogens (tertiary/aromatic N) is 1. The molecule has 0 spiro atoms. The zero-order valence-corrected chi connectivity index (χ0v) is 15.1. The average Bonchev–Trinajstić information content (AvgIpc) is 2.95. The van der Waals surface area contributed by atoms with E-state index in [9.17, 15) is 4.79 Å². The van der Waals surface area contributed by atoms with Crippen molar-refractivity contribution in [1.29, 1.82) is 0 Å². The first kappa shape index (κ1) is 17.2. The van der Waals surface area contributed by atoms with Crippen LogP contribution in [0.15, 0.2) is 29.6 Å². The number of benzene rings is 1. The molecule has 0 aliphatic heterocycles. The van der Waals surface area contributed by atoms with Crippen LogP contribution in [0, 0.1) is 13.8 Å². The number of aryl methyl sites for hydroxylation is 2. The minimum Gasteiger partial charge on any atom is -0.496 e. The van der Waals surface area contributed by atoms with Crippen LogP contribution in [-0.4, -0.2) is 23.2 Å². The SMILES string of the molecule is COc1cc(OCc2ccc(C)nc2C)cc2scc(CC(=O)O)c12. The van der Waals surface area contributed by atoms with Gasteiger partial charge in [-0.15, -0.1) is 11.3 Å². The number of aliphatic carboxylic acids is 1. The Balaban J connectivity index is 1.88. The normalized spacial score (nSPS) is 10.8. The van der Waals surface area contributed by atoms with E-state index in [0.717, 1.165) is 32.6 Å². The van der Waals surface area contributed by atoms with Gasteiger partial charge in [0.25, 0.3) is 0 Å². The molecule has 0 unspecified atom stereocenters. The molecule has 2 heterocycles. The molecule has 5 nitrogen and oxygen atoms in total. The van der Waals surface area contributed by atoms with Crippen LogP contribution in [0.25, 0.3) is 10.1 Å². The first-order chi connectivity index (χ1) is 12.0. The highest BCUT2D eigenvalue weighted by molar-refractivity contribution is 7.17. The molecule has 1 N–H and O–H groups in total. The first-order valence-corrected chi connectivity index (χ1v) is 8.71. The number of pyridine rings is 1. The Morgan fingerprint density at radius 1 is 1.24 bits per heavy atom. The number of carbonyl (C=O) groups is 1. The molecule has 6 heteroatoms. The van der Waals surface area contributed by atoms with Crippen LogP contribution < -0.4 is 9.47 Å². The van der Waals surface area contributed by atoms with Gasteiger partial charge in [-0.25, -0.2) is 0 Å². The molecule has 0 bridgehead atoms. The standard InChI is InChI=1S/C19H19NO4S/c1-11-4-5-13(12(2)20-11)9-24-15-7-16(23-3)19-14(6-18(21)22)10-25-17(19)8-15/h4-5,7-8,10H,6,9H2,1-3H3,(H,21,22). The van der Waals surface area contributed by atoms with Crippen molar-refractivity contribution < 1.29 is 19.4 Å². The van der Waals surface area contributed by atoms with Gasteiger partial charge in [0.15, 0.2) is 0 Å². The van der Waals surface area contributed by atoms with E-state index in [1.54, 1.807) is 13.2 Å². The summed E-state index contributed by atoms with van der Waals surface area (Å²) in [6, 6.07) is 7.71. The number of fused-ring (bicyclic) bond motifs is 1. The van der Waals surface area contributed by atoms with Crippen LogP contribution in [0.4, 0.5) is 0 Å². The number of thiophene rings is 1. The van der Waals surface area contributed by atoms with E-state index in [1.807, 2.05) is 37.4 Å². The van der Waals surface area contributed by atoms with E-state index < -0.39 is 5.97 Å². The maximum absolute atomic E-state index is 11.0. The van der Waals surface area contributed by atoms with Crippen LogP contribution in [0.3, 0.4) is 0 Å². The lowest BCUT2D eigenvalue weighted by molar-refractivity contribution is -0.136. The maximum atomic E-state index is 11.0. The lowest BCUT2D eigenvalue weighted by Gasteiger charge is -2.11. The predicted molar refractivity (Wildman–Crippen MR) is 97.8 cm³/mol. The maximum Gasteiger partial charge on any atom is 0.307 e. The molecular formula is C19H19NO4S. The molecular weight excluding hydrogens is 338 g/mol. The molecule has 3 aromatic rings. The summed E-state index contributed by atoms with van der Waals surface area (Å²) in [4.78, 5) is 15.5. The minimum atomic E-state index is -0.857. The monoisotopic (exact) mass is 357 g/mol. The van der Waals surface area contributed by atoms with Gasteiger partial charge < -0.3 is 14.6 Å². The second-order valence-electron chi connectivity index (χ2n) is 5.82. The van der Waals surface area contributed by atoms with Crippen LogP contribution >= 0.6 is 11.3 Å². The van der Waals surface area contributed by atoms with Crippen LogP contribution in [0.5, 0.6) is 11.5 Å². The van der Waals surface area contributed by atoms with Gasteiger partial charge >= 0.3 is 5.97 Å². The van der Waals surface area contributed by atoms with Crippen molar-refractivity contribution in [2.24, 2.45) is 0 Å². The molecule has 0 radical (unpaired) electrons. The van der Waals surface area contributed by atoms with E-state index in [4.69, 9.17) is 14.6 Å². The van der Waals surface area contributed by atoms with Crippen LogP contribution in [0.1, 0.15) is 22.5 Å². The minimum absolute atomic E-state index is 0.0230. The topological polar surface area (TPSA) is 68.7 Å². The van der Waals surface area contributed by atoms with Gasteiger partial charge in [0.2, 0.25) is 0 Å². The zero-order chi connectivity index (χ0) is 18.0. The highest BCUT2D eigenvalue weighted by atomic mass is 32.1. The lowest BCUT2D eigenvalue weighted by atomic mass is 10.1. The van der Waals surface area contributed by atoms with Crippen molar-refractivity contribution in [3.8, 4) is 11.5 Å². The molecule has 0 saturated carbocycles. The van der Waals surface area contributed by atoms with Crippen molar-refractivity contribution in [2.45, 2.75) is 26.9 Å². The van der Waals surface area contributed by atoms with Gasteiger partial charge in [-0.1, -0.05) is 6.07 Å². The largest absolute Gasteiger partial charge is 0.496 e. The summed E-state index contributed by atoms with van der Waals surface area (Å²) in [6.45, 7) is 4.34. The van der Waals surface area contributed by atoms with E-state index in [-0.39, 0.29) is 6.42 Å². The van der Waals surface area contributed by atoms with Crippen LogP contribution in [-0.2, 0) is 17.8 Å². The van der Waals surface area contributed by atoms with Crippen molar-refractivity contribution >= 4 is 27.4 Å². The Bertz CT molecular complexity index is 933. The number of methoxy groups -OCH3 is 1. The predicted octanol–water partition coefficient (Wildman–Crippen LogP) is 4.13. The van der Waals surface area contributed by atoms with Gasteiger partial charge in [-0.05, 0) is 36.9 Å². The molecule has 0 amide bonds. The number of carboxylic acids is 1. The number of aromatic nitrogens is 1. The van der Waals surface area contributed by atoms with Gasteiger partial charge in [-0.3, -0.25) is 9.78 Å². The number of hydrogen-bond acceptors (Lipinski definition) is 5. The molecule has 1 aromatic carbocycles. The third-order valence-corrected chi connectivity index (χ3v) is 4.96. The Kier molecular flexibility index (Phi) is 4.90.